The van der Waals surface area contributed by atoms with Crippen molar-refractivity contribution in [2.24, 2.45) is 5.92 Å². The number of para-hydroxylation sites is 1. The summed E-state index contributed by atoms with van der Waals surface area (Å²) in [5, 5.41) is 4.87. The summed E-state index contributed by atoms with van der Waals surface area (Å²) in [5.74, 6) is 1.15. The molecular formula is C17H20ClN3O2. The highest BCUT2D eigenvalue weighted by Gasteiger charge is 2.23. The molecule has 2 aromatic rings. The Morgan fingerprint density at radius 1 is 1.39 bits per heavy atom. The van der Waals surface area contributed by atoms with Gasteiger partial charge in [0.1, 0.15) is 5.75 Å². The third kappa shape index (κ3) is 3.85. The monoisotopic (exact) mass is 333 g/mol. The van der Waals surface area contributed by atoms with Gasteiger partial charge in [0.15, 0.2) is 12.4 Å². The van der Waals surface area contributed by atoms with Gasteiger partial charge in [-0.15, -0.1) is 0 Å². The number of hydrogen-bond donors (Lipinski definition) is 0. The highest BCUT2D eigenvalue weighted by atomic mass is 35.5. The average Bonchev–Trinajstić information content (AvgIpc) is 3.02. The Bertz CT molecular complexity index is 686. The van der Waals surface area contributed by atoms with Gasteiger partial charge in [0.05, 0.1) is 5.02 Å². The quantitative estimate of drug-likeness (QED) is 0.861. The van der Waals surface area contributed by atoms with Crippen LogP contribution in [0.4, 0.5) is 0 Å². The molecule has 3 rings (SSSR count). The summed E-state index contributed by atoms with van der Waals surface area (Å²) in [5.41, 5.74) is 0.460. The van der Waals surface area contributed by atoms with Crippen LogP contribution < -0.4 is 4.74 Å². The van der Waals surface area contributed by atoms with Crippen molar-refractivity contribution in [1.82, 2.24) is 14.7 Å². The lowest BCUT2D eigenvalue weighted by atomic mass is 10.0. The topological polar surface area (TPSA) is 47.4 Å². The normalized spacial score (nSPS) is 18.0. The first kappa shape index (κ1) is 15.9. The number of piperidine rings is 1. The van der Waals surface area contributed by atoms with Crippen LogP contribution in [-0.4, -0.2) is 33.7 Å². The van der Waals surface area contributed by atoms with Crippen molar-refractivity contribution < 1.29 is 9.53 Å². The Balaban J connectivity index is 1.61. The minimum absolute atomic E-state index is 0.00644. The van der Waals surface area contributed by atoms with Gasteiger partial charge in [0, 0.05) is 19.3 Å². The summed E-state index contributed by atoms with van der Waals surface area (Å²) in [6.07, 6.45) is 3.99. The summed E-state index contributed by atoms with van der Waals surface area (Å²) >= 11 is 6.05. The summed E-state index contributed by atoms with van der Waals surface area (Å²) in [4.78, 5) is 14.4. The van der Waals surface area contributed by atoms with E-state index < -0.39 is 0 Å². The molecule has 0 aliphatic carbocycles. The molecule has 122 valence electrons. The van der Waals surface area contributed by atoms with Gasteiger partial charge in [-0.25, -0.2) is 4.68 Å². The predicted molar refractivity (Wildman–Crippen MR) is 88.6 cm³/mol. The fraction of sp³-hybridized carbons (Fsp3) is 0.412. The van der Waals surface area contributed by atoms with Gasteiger partial charge in [-0.3, -0.25) is 4.79 Å². The molecule has 0 N–H and O–H groups in total. The zero-order valence-electron chi connectivity index (χ0n) is 13.1. The SMILES string of the molecule is CC1CCCN(C(=O)c2ccn(COc3ccccc3Cl)n2)C1. The largest absolute Gasteiger partial charge is 0.470 e. The Hall–Kier alpha value is -2.01. The lowest BCUT2D eigenvalue weighted by molar-refractivity contribution is 0.0675. The number of halogens is 1. The molecule has 23 heavy (non-hydrogen) atoms. The number of benzene rings is 1. The van der Waals surface area contributed by atoms with Gasteiger partial charge in [-0.1, -0.05) is 30.7 Å². The zero-order chi connectivity index (χ0) is 16.2. The number of amides is 1. The Morgan fingerprint density at radius 3 is 3.00 bits per heavy atom. The number of hydrogen-bond acceptors (Lipinski definition) is 3. The van der Waals surface area contributed by atoms with Crippen molar-refractivity contribution in [3.8, 4) is 5.75 Å². The van der Waals surface area contributed by atoms with Crippen molar-refractivity contribution in [1.29, 1.82) is 0 Å². The summed E-state index contributed by atoms with van der Waals surface area (Å²) in [6, 6.07) is 9.01. The predicted octanol–water partition coefficient (Wildman–Crippen LogP) is 3.45. The number of carbonyl (C=O) groups excluding carboxylic acids is 1. The van der Waals surface area contributed by atoms with E-state index in [9.17, 15) is 4.79 Å². The first-order valence-electron chi connectivity index (χ1n) is 7.83. The highest BCUT2D eigenvalue weighted by Crippen LogP contribution is 2.23. The molecule has 1 fully saturated rings. The van der Waals surface area contributed by atoms with Crippen LogP contribution in [-0.2, 0) is 6.73 Å². The van der Waals surface area contributed by atoms with Crippen LogP contribution in [0.5, 0.6) is 5.75 Å². The molecule has 1 amide bonds. The summed E-state index contributed by atoms with van der Waals surface area (Å²) in [7, 11) is 0. The number of carbonyl (C=O) groups is 1. The van der Waals surface area contributed by atoms with Gasteiger partial charge in [-0.2, -0.15) is 5.10 Å². The van der Waals surface area contributed by atoms with Gasteiger partial charge in [0.2, 0.25) is 0 Å². The van der Waals surface area contributed by atoms with Crippen molar-refractivity contribution in [3.05, 3.63) is 47.2 Å². The van der Waals surface area contributed by atoms with Gasteiger partial charge < -0.3 is 9.64 Å². The van der Waals surface area contributed by atoms with E-state index in [1.54, 1.807) is 29.1 Å². The van der Waals surface area contributed by atoms with E-state index in [1.807, 2.05) is 17.0 Å². The smallest absolute Gasteiger partial charge is 0.274 e. The zero-order valence-corrected chi connectivity index (χ0v) is 13.9. The molecule has 1 saturated heterocycles. The van der Waals surface area contributed by atoms with Crippen LogP contribution >= 0.6 is 11.6 Å². The number of nitrogens with zero attached hydrogens (tertiary/aromatic N) is 3. The maximum absolute atomic E-state index is 12.5. The fourth-order valence-electron chi connectivity index (χ4n) is 2.78. The Kier molecular flexibility index (Phi) is 4.86. The summed E-state index contributed by atoms with van der Waals surface area (Å²) in [6.45, 7) is 4.01. The maximum Gasteiger partial charge on any atom is 0.274 e. The lowest BCUT2D eigenvalue weighted by Crippen LogP contribution is -2.39. The van der Waals surface area contributed by atoms with E-state index in [4.69, 9.17) is 16.3 Å². The Morgan fingerprint density at radius 2 is 2.22 bits per heavy atom. The van der Waals surface area contributed by atoms with Gasteiger partial charge >= 0.3 is 0 Å². The van der Waals surface area contributed by atoms with E-state index in [-0.39, 0.29) is 12.6 Å². The van der Waals surface area contributed by atoms with Crippen molar-refractivity contribution >= 4 is 17.5 Å². The second-order valence-corrected chi connectivity index (χ2v) is 6.35. The fourth-order valence-corrected chi connectivity index (χ4v) is 2.97. The van der Waals surface area contributed by atoms with Gasteiger partial charge in [-0.05, 0) is 37.0 Å². The van der Waals surface area contributed by atoms with E-state index in [0.717, 1.165) is 19.5 Å². The minimum atomic E-state index is -0.00644. The first-order chi connectivity index (χ1) is 11.1. The first-order valence-corrected chi connectivity index (χ1v) is 8.21. The molecule has 1 aliphatic heterocycles. The molecule has 6 heteroatoms. The van der Waals surface area contributed by atoms with Crippen molar-refractivity contribution in [2.75, 3.05) is 13.1 Å². The maximum atomic E-state index is 12.5. The average molecular weight is 334 g/mol. The molecule has 2 heterocycles. The van der Waals surface area contributed by atoms with E-state index in [0.29, 0.717) is 22.4 Å². The van der Waals surface area contributed by atoms with Crippen LogP contribution in [0.15, 0.2) is 36.5 Å². The molecule has 1 aliphatic rings. The molecule has 1 aromatic heterocycles. The van der Waals surface area contributed by atoms with Crippen LogP contribution in [0, 0.1) is 5.92 Å². The van der Waals surface area contributed by atoms with E-state index in [2.05, 4.69) is 12.0 Å². The van der Waals surface area contributed by atoms with Crippen LogP contribution in [0.3, 0.4) is 0 Å². The van der Waals surface area contributed by atoms with E-state index >= 15 is 0 Å². The van der Waals surface area contributed by atoms with Crippen LogP contribution in [0.25, 0.3) is 0 Å². The molecule has 0 radical (unpaired) electrons. The number of ether oxygens (including phenoxy) is 1. The highest BCUT2D eigenvalue weighted by molar-refractivity contribution is 6.32. The second-order valence-electron chi connectivity index (χ2n) is 5.94. The molecule has 0 bridgehead atoms. The second kappa shape index (κ2) is 7.04. The molecular weight excluding hydrogens is 314 g/mol. The number of rotatable bonds is 4. The number of aromatic nitrogens is 2. The minimum Gasteiger partial charge on any atom is -0.470 e. The third-order valence-corrected chi connectivity index (χ3v) is 4.31. The molecule has 5 nitrogen and oxygen atoms in total. The van der Waals surface area contributed by atoms with Crippen LogP contribution in [0.1, 0.15) is 30.3 Å². The third-order valence-electron chi connectivity index (χ3n) is 3.99. The summed E-state index contributed by atoms with van der Waals surface area (Å²) < 4.78 is 7.22. The van der Waals surface area contributed by atoms with Crippen molar-refractivity contribution in [3.63, 3.8) is 0 Å². The Labute approximate surface area is 140 Å². The van der Waals surface area contributed by atoms with E-state index in [1.165, 1.54) is 6.42 Å². The van der Waals surface area contributed by atoms with Crippen molar-refractivity contribution in [2.45, 2.75) is 26.5 Å². The molecule has 1 unspecified atom stereocenters. The van der Waals surface area contributed by atoms with Crippen LogP contribution in [0.2, 0.25) is 5.02 Å². The lowest BCUT2D eigenvalue weighted by Gasteiger charge is -2.30. The molecule has 0 saturated carbocycles. The molecule has 1 aromatic carbocycles. The standard InChI is InChI=1S/C17H20ClN3O2/c1-13-5-4-9-20(11-13)17(22)15-8-10-21(19-15)12-23-16-7-3-2-6-14(16)18/h2-3,6-8,10,13H,4-5,9,11-12H2,1H3. The number of likely N-dealkylation sites (tertiary alicyclic amines) is 1. The molecule has 0 spiro atoms. The van der Waals surface area contributed by atoms with Gasteiger partial charge in [0.25, 0.3) is 5.91 Å². The molecule has 1 atom stereocenters.